The molecule has 4 rings (SSSR count). The molecule has 0 spiro atoms. The summed E-state index contributed by atoms with van der Waals surface area (Å²) >= 11 is 0. The van der Waals surface area contributed by atoms with Gasteiger partial charge in [0.1, 0.15) is 11.0 Å². The smallest absolute Gasteiger partial charge is 0.254 e. The van der Waals surface area contributed by atoms with Crippen LogP contribution in [0.4, 0.5) is 0 Å². The Hall–Kier alpha value is -3.22. The van der Waals surface area contributed by atoms with Crippen molar-refractivity contribution in [2.75, 3.05) is 26.2 Å². The van der Waals surface area contributed by atoms with Crippen molar-refractivity contribution in [1.82, 2.24) is 20.1 Å². The number of aromatic nitrogens is 2. The third-order valence-electron chi connectivity index (χ3n) is 4.67. The van der Waals surface area contributed by atoms with E-state index in [1.54, 1.807) is 40.2 Å². The van der Waals surface area contributed by atoms with Gasteiger partial charge in [-0.1, -0.05) is 18.2 Å². The second kappa shape index (κ2) is 6.59. The quantitative estimate of drug-likeness (QED) is 0.480. The van der Waals surface area contributed by atoms with Gasteiger partial charge in [-0.2, -0.15) is 0 Å². The normalized spacial score (nSPS) is 17.3. The Morgan fingerprint density at radius 2 is 1.69 bits per heavy atom. The number of carbonyl (C=O) groups is 2. The Morgan fingerprint density at radius 3 is 2.42 bits per heavy atom. The minimum absolute atomic E-state index is 0.000592. The molecule has 7 nitrogen and oxygen atoms in total. The molecule has 132 valence electrons. The van der Waals surface area contributed by atoms with Crippen LogP contribution in [0.1, 0.15) is 17.3 Å². The second-order valence-corrected chi connectivity index (χ2v) is 6.42. The van der Waals surface area contributed by atoms with E-state index in [2.05, 4.69) is 14.9 Å². The van der Waals surface area contributed by atoms with Gasteiger partial charge in [0.25, 0.3) is 5.91 Å². The van der Waals surface area contributed by atoms with Gasteiger partial charge in [-0.15, -0.1) is 0 Å². The molecule has 3 heterocycles. The molecule has 0 fully saturated rings. The van der Waals surface area contributed by atoms with Crippen molar-refractivity contribution in [3.05, 3.63) is 59.2 Å². The zero-order valence-electron chi connectivity index (χ0n) is 14.4. The minimum Gasteiger partial charge on any atom is -0.331 e. The van der Waals surface area contributed by atoms with Crippen molar-refractivity contribution in [3.8, 4) is 0 Å². The first-order valence-corrected chi connectivity index (χ1v) is 8.45. The molecule has 7 heteroatoms. The fourth-order valence-electron chi connectivity index (χ4n) is 3.33. The summed E-state index contributed by atoms with van der Waals surface area (Å²) in [6.07, 6.45) is 7.03. The van der Waals surface area contributed by atoms with E-state index in [4.69, 9.17) is 0 Å². The standard InChI is InChI=1S/C19H18N4O3/c1-2-3-4-5-18(24)22-9-14-11-23(12-15(14)10-22)19(25)13-6-7-16-17(8-13)21-26-20-16/h2-8H,9-12H2,1H3/b3-2+,5-4+. The highest BCUT2D eigenvalue weighted by Crippen LogP contribution is 2.27. The maximum absolute atomic E-state index is 12.8. The summed E-state index contributed by atoms with van der Waals surface area (Å²) in [5.41, 5.74) is 4.09. The number of fused-ring (bicyclic) bond motifs is 1. The molecule has 0 atom stereocenters. The Morgan fingerprint density at radius 1 is 1.00 bits per heavy atom. The van der Waals surface area contributed by atoms with E-state index in [0.29, 0.717) is 42.8 Å². The Labute approximate surface area is 150 Å². The van der Waals surface area contributed by atoms with Crippen LogP contribution in [0.2, 0.25) is 0 Å². The summed E-state index contributed by atoms with van der Waals surface area (Å²) < 4.78 is 4.67. The lowest BCUT2D eigenvalue weighted by atomic mass is 10.1. The molecule has 2 aromatic rings. The van der Waals surface area contributed by atoms with E-state index in [1.165, 1.54) is 0 Å². The Kier molecular flexibility index (Phi) is 4.12. The van der Waals surface area contributed by atoms with Crippen molar-refractivity contribution >= 4 is 22.8 Å². The third kappa shape index (κ3) is 2.92. The maximum Gasteiger partial charge on any atom is 0.254 e. The molecule has 0 bridgehead atoms. The molecule has 0 saturated heterocycles. The maximum atomic E-state index is 12.8. The van der Waals surface area contributed by atoms with Gasteiger partial charge in [0.05, 0.1) is 0 Å². The number of nitrogens with zero attached hydrogens (tertiary/aromatic N) is 4. The first-order chi connectivity index (χ1) is 12.7. The highest BCUT2D eigenvalue weighted by atomic mass is 16.6. The lowest BCUT2D eigenvalue weighted by Crippen LogP contribution is -2.35. The average Bonchev–Trinajstić information content (AvgIpc) is 3.34. The predicted molar refractivity (Wildman–Crippen MR) is 95.3 cm³/mol. The lowest BCUT2D eigenvalue weighted by molar-refractivity contribution is -0.124. The van der Waals surface area contributed by atoms with E-state index in [1.807, 2.05) is 19.1 Å². The number of hydrogen-bond donors (Lipinski definition) is 0. The van der Waals surface area contributed by atoms with Gasteiger partial charge in [0.2, 0.25) is 5.91 Å². The average molecular weight is 350 g/mol. The largest absolute Gasteiger partial charge is 0.331 e. The molecule has 0 unspecified atom stereocenters. The molecule has 26 heavy (non-hydrogen) atoms. The van der Waals surface area contributed by atoms with Gasteiger partial charge in [0, 0.05) is 37.8 Å². The van der Waals surface area contributed by atoms with Crippen LogP contribution in [-0.2, 0) is 4.79 Å². The number of benzene rings is 1. The molecular weight excluding hydrogens is 332 g/mol. The number of amides is 2. The molecule has 1 aromatic heterocycles. The van der Waals surface area contributed by atoms with Crippen molar-refractivity contribution in [3.63, 3.8) is 0 Å². The van der Waals surface area contributed by atoms with Crippen LogP contribution in [0.15, 0.2) is 58.3 Å². The molecule has 1 aromatic carbocycles. The molecule has 2 aliphatic heterocycles. The van der Waals surface area contributed by atoms with Gasteiger partial charge < -0.3 is 9.80 Å². The summed E-state index contributed by atoms with van der Waals surface area (Å²) in [5.74, 6) is -0.0467. The number of rotatable bonds is 3. The topological polar surface area (TPSA) is 79.5 Å². The highest BCUT2D eigenvalue weighted by Gasteiger charge is 2.33. The van der Waals surface area contributed by atoms with Crippen molar-refractivity contribution in [2.45, 2.75) is 6.92 Å². The number of allylic oxidation sites excluding steroid dienone is 3. The van der Waals surface area contributed by atoms with Crippen LogP contribution >= 0.6 is 0 Å². The third-order valence-corrected chi connectivity index (χ3v) is 4.67. The Bertz CT molecular complexity index is 952. The number of carbonyl (C=O) groups excluding carboxylic acids is 2. The molecule has 2 aliphatic rings. The highest BCUT2D eigenvalue weighted by molar-refractivity contribution is 5.98. The van der Waals surface area contributed by atoms with Gasteiger partial charge in [0.15, 0.2) is 0 Å². The van der Waals surface area contributed by atoms with E-state index in [9.17, 15) is 9.59 Å². The molecule has 0 N–H and O–H groups in total. The van der Waals surface area contributed by atoms with Gasteiger partial charge >= 0.3 is 0 Å². The first-order valence-electron chi connectivity index (χ1n) is 8.45. The van der Waals surface area contributed by atoms with E-state index >= 15 is 0 Å². The zero-order valence-corrected chi connectivity index (χ0v) is 14.4. The molecule has 0 saturated carbocycles. The SMILES string of the molecule is C/C=C/C=C/C(=O)N1CC2=C(C1)CN(C(=O)c1ccc3nonc3c1)C2. The fourth-order valence-corrected chi connectivity index (χ4v) is 3.33. The molecule has 0 aliphatic carbocycles. The summed E-state index contributed by atoms with van der Waals surface area (Å²) in [4.78, 5) is 28.5. The molecule has 2 amide bonds. The summed E-state index contributed by atoms with van der Waals surface area (Å²) in [6.45, 7) is 4.20. The van der Waals surface area contributed by atoms with Gasteiger partial charge in [-0.25, -0.2) is 4.63 Å². The van der Waals surface area contributed by atoms with E-state index in [-0.39, 0.29) is 11.8 Å². The molecule has 0 radical (unpaired) electrons. The zero-order chi connectivity index (χ0) is 18.1. The van der Waals surface area contributed by atoms with Crippen LogP contribution in [0.25, 0.3) is 11.0 Å². The fraction of sp³-hybridized carbons (Fsp3) is 0.263. The minimum atomic E-state index is -0.0462. The number of hydrogen-bond acceptors (Lipinski definition) is 5. The second-order valence-electron chi connectivity index (χ2n) is 6.42. The summed E-state index contributed by atoms with van der Waals surface area (Å²) in [5, 5.41) is 7.53. The first kappa shape index (κ1) is 16.3. The van der Waals surface area contributed by atoms with E-state index < -0.39 is 0 Å². The summed E-state index contributed by atoms with van der Waals surface area (Å²) in [6, 6.07) is 5.16. The molecular formula is C19H18N4O3. The van der Waals surface area contributed by atoms with Crippen molar-refractivity contribution in [1.29, 1.82) is 0 Å². The van der Waals surface area contributed by atoms with Gasteiger partial charge in [-0.05, 0) is 46.6 Å². The lowest BCUT2D eigenvalue weighted by Gasteiger charge is -2.22. The van der Waals surface area contributed by atoms with Crippen molar-refractivity contribution in [2.24, 2.45) is 0 Å². The Balaban J connectivity index is 1.40. The predicted octanol–water partition coefficient (Wildman–Crippen LogP) is 1.95. The monoisotopic (exact) mass is 350 g/mol. The van der Waals surface area contributed by atoms with Crippen LogP contribution in [-0.4, -0.2) is 58.1 Å². The van der Waals surface area contributed by atoms with Gasteiger partial charge in [-0.3, -0.25) is 9.59 Å². The van der Waals surface area contributed by atoms with Crippen molar-refractivity contribution < 1.29 is 14.2 Å². The van der Waals surface area contributed by atoms with E-state index in [0.717, 1.165) is 11.1 Å². The van der Waals surface area contributed by atoms with Crippen LogP contribution < -0.4 is 0 Å². The van der Waals surface area contributed by atoms with Crippen LogP contribution in [0.5, 0.6) is 0 Å². The van der Waals surface area contributed by atoms with Crippen LogP contribution in [0.3, 0.4) is 0 Å². The van der Waals surface area contributed by atoms with Crippen LogP contribution in [0, 0.1) is 0 Å². The summed E-state index contributed by atoms with van der Waals surface area (Å²) in [7, 11) is 0.